The Bertz CT molecular complexity index is 746. The Morgan fingerprint density at radius 3 is 2.57 bits per heavy atom. The molecule has 3 aromatic rings. The molecule has 1 aliphatic heterocycles. The van der Waals surface area contributed by atoms with Gasteiger partial charge in [-0.15, -0.1) is 11.3 Å². The van der Waals surface area contributed by atoms with Gasteiger partial charge in [0.15, 0.2) is 5.82 Å². The number of piperidine rings is 1. The zero-order valence-electron chi connectivity index (χ0n) is 11.8. The summed E-state index contributed by atoms with van der Waals surface area (Å²) < 4.78 is 0. The maximum Gasteiger partial charge on any atom is 0.172 e. The second-order valence-corrected chi connectivity index (χ2v) is 6.36. The lowest BCUT2D eigenvalue weighted by Crippen LogP contribution is -2.30. The standard InChI is InChI=1S/C17H17N3S/c1-4-10-20(11-5-1)17-13-7-2-3-8-14(13)18-16(19-17)15-9-6-12-21-15/h2-3,6-9,12H,1,4-5,10-11H2. The van der Waals surface area contributed by atoms with Gasteiger partial charge in [-0.05, 0) is 42.8 Å². The minimum Gasteiger partial charge on any atom is -0.356 e. The molecule has 0 amide bonds. The summed E-state index contributed by atoms with van der Waals surface area (Å²) >= 11 is 1.70. The molecular weight excluding hydrogens is 278 g/mol. The summed E-state index contributed by atoms with van der Waals surface area (Å²) in [6.45, 7) is 2.20. The molecule has 0 saturated carbocycles. The maximum atomic E-state index is 4.89. The van der Waals surface area contributed by atoms with Crippen LogP contribution in [0.5, 0.6) is 0 Å². The number of nitrogens with zero attached hydrogens (tertiary/aromatic N) is 3. The molecule has 0 bridgehead atoms. The Labute approximate surface area is 128 Å². The highest BCUT2D eigenvalue weighted by Gasteiger charge is 2.17. The van der Waals surface area contributed by atoms with E-state index in [1.807, 2.05) is 6.07 Å². The summed E-state index contributed by atoms with van der Waals surface area (Å²) in [5.74, 6) is 1.95. The number of anilines is 1. The summed E-state index contributed by atoms with van der Waals surface area (Å²) in [4.78, 5) is 13.2. The Kier molecular flexibility index (Phi) is 3.31. The number of hydrogen-bond acceptors (Lipinski definition) is 4. The largest absolute Gasteiger partial charge is 0.356 e. The second kappa shape index (κ2) is 5.45. The fourth-order valence-electron chi connectivity index (χ4n) is 2.92. The fraction of sp³-hybridized carbons (Fsp3) is 0.294. The Hall–Kier alpha value is -1.94. The predicted octanol–water partition coefficient (Wildman–Crippen LogP) is 4.35. The summed E-state index contributed by atoms with van der Waals surface area (Å²) in [6.07, 6.45) is 3.84. The van der Waals surface area contributed by atoms with Crippen molar-refractivity contribution in [2.45, 2.75) is 19.3 Å². The van der Waals surface area contributed by atoms with Crippen LogP contribution in [-0.2, 0) is 0 Å². The van der Waals surface area contributed by atoms with Crippen LogP contribution in [0.4, 0.5) is 5.82 Å². The molecule has 0 atom stereocenters. The molecule has 3 nitrogen and oxygen atoms in total. The molecule has 0 N–H and O–H groups in total. The normalized spacial score (nSPS) is 15.5. The van der Waals surface area contributed by atoms with E-state index in [-0.39, 0.29) is 0 Å². The van der Waals surface area contributed by atoms with E-state index >= 15 is 0 Å². The molecule has 1 aromatic carbocycles. The highest BCUT2D eigenvalue weighted by molar-refractivity contribution is 7.13. The lowest BCUT2D eigenvalue weighted by atomic mass is 10.1. The summed E-state index contributed by atoms with van der Waals surface area (Å²) in [7, 11) is 0. The van der Waals surface area contributed by atoms with Gasteiger partial charge in [-0.2, -0.15) is 0 Å². The SMILES string of the molecule is c1csc(-c2nc(N3CCCCC3)c3ccccc3n2)c1. The lowest BCUT2D eigenvalue weighted by molar-refractivity contribution is 0.575. The Morgan fingerprint density at radius 1 is 0.905 bits per heavy atom. The molecule has 3 heterocycles. The van der Waals surface area contributed by atoms with Crippen LogP contribution in [0.2, 0.25) is 0 Å². The topological polar surface area (TPSA) is 29.0 Å². The summed E-state index contributed by atoms with van der Waals surface area (Å²) in [5, 5.41) is 3.24. The van der Waals surface area contributed by atoms with E-state index in [0.717, 1.165) is 35.1 Å². The number of para-hydroxylation sites is 1. The number of hydrogen-bond donors (Lipinski definition) is 0. The minimum atomic E-state index is 0.851. The molecule has 0 radical (unpaired) electrons. The van der Waals surface area contributed by atoms with E-state index in [4.69, 9.17) is 9.97 Å². The van der Waals surface area contributed by atoms with Crippen LogP contribution in [0, 0.1) is 0 Å². The monoisotopic (exact) mass is 295 g/mol. The Balaban J connectivity index is 1.90. The molecule has 1 fully saturated rings. The third-order valence-corrected chi connectivity index (χ3v) is 4.85. The molecular formula is C17H17N3S. The highest BCUT2D eigenvalue weighted by atomic mass is 32.1. The molecule has 4 heteroatoms. The van der Waals surface area contributed by atoms with Gasteiger partial charge < -0.3 is 4.90 Å². The zero-order valence-corrected chi connectivity index (χ0v) is 12.6. The van der Waals surface area contributed by atoms with Crippen molar-refractivity contribution in [3.63, 3.8) is 0 Å². The van der Waals surface area contributed by atoms with Crippen LogP contribution in [0.15, 0.2) is 41.8 Å². The number of aromatic nitrogens is 2. The van der Waals surface area contributed by atoms with Crippen LogP contribution in [-0.4, -0.2) is 23.1 Å². The lowest BCUT2D eigenvalue weighted by Gasteiger charge is -2.28. The Morgan fingerprint density at radius 2 is 1.76 bits per heavy atom. The summed E-state index contributed by atoms with van der Waals surface area (Å²) in [5.41, 5.74) is 1.04. The number of benzene rings is 1. The first kappa shape index (κ1) is 12.8. The molecule has 4 rings (SSSR count). The third-order valence-electron chi connectivity index (χ3n) is 3.98. The van der Waals surface area contributed by atoms with Crippen molar-refractivity contribution < 1.29 is 0 Å². The number of rotatable bonds is 2. The van der Waals surface area contributed by atoms with E-state index in [9.17, 15) is 0 Å². The van der Waals surface area contributed by atoms with Crippen molar-refractivity contribution in [3.05, 3.63) is 41.8 Å². The van der Waals surface area contributed by atoms with E-state index in [1.54, 1.807) is 11.3 Å². The molecule has 2 aromatic heterocycles. The van der Waals surface area contributed by atoms with Crippen LogP contribution in [0.25, 0.3) is 21.6 Å². The van der Waals surface area contributed by atoms with Crippen LogP contribution in [0.3, 0.4) is 0 Å². The van der Waals surface area contributed by atoms with Gasteiger partial charge in [-0.1, -0.05) is 18.2 Å². The second-order valence-electron chi connectivity index (χ2n) is 5.41. The van der Waals surface area contributed by atoms with E-state index in [0.29, 0.717) is 0 Å². The smallest absolute Gasteiger partial charge is 0.172 e. The average Bonchev–Trinajstić information content (AvgIpc) is 3.09. The van der Waals surface area contributed by atoms with Gasteiger partial charge in [0.25, 0.3) is 0 Å². The average molecular weight is 295 g/mol. The van der Waals surface area contributed by atoms with E-state index < -0.39 is 0 Å². The minimum absolute atomic E-state index is 0.851. The first-order valence-electron chi connectivity index (χ1n) is 7.47. The number of fused-ring (bicyclic) bond motifs is 1. The molecule has 0 aliphatic carbocycles. The molecule has 1 aliphatic rings. The molecule has 0 spiro atoms. The molecule has 1 saturated heterocycles. The van der Waals surface area contributed by atoms with Gasteiger partial charge in [-0.25, -0.2) is 9.97 Å². The van der Waals surface area contributed by atoms with Crippen molar-refractivity contribution in [1.29, 1.82) is 0 Å². The molecule has 106 valence electrons. The van der Waals surface area contributed by atoms with Gasteiger partial charge >= 0.3 is 0 Å². The van der Waals surface area contributed by atoms with Gasteiger partial charge in [0.1, 0.15) is 5.82 Å². The quantitative estimate of drug-likeness (QED) is 0.704. The third kappa shape index (κ3) is 2.40. The van der Waals surface area contributed by atoms with E-state index in [2.05, 4.69) is 40.6 Å². The zero-order chi connectivity index (χ0) is 14.1. The van der Waals surface area contributed by atoms with Crippen molar-refractivity contribution in [3.8, 4) is 10.7 Å². The van der Waals surface area contributed by atoms with Crippen molar-refractivity contribution in [2.24, 2.45) is 0 Å². The van der Waals surface area contributed by atoms with Crippen molar-refractivity contribution in [1.82, 2.24) is 9.97 Å². The van der Waals surface area contributed by atoms with Gasteiger partial charge in [-0.3, -0.25) is 0 Å². The van der Waals surface area contributed by atoms with E-state index in [1.165, 1.54) is 24.6 Å². The predicted molar refractivity (Wildman–Crippen MR) is 88.9 cm³/mol. The number of thiophene rings is 1. The van der Waals surface area contributed by atoms with Crippen molar-refractivity contribution >= 4 is 28.1 Å². The fourth-order valence-corrected chi connectivity index (χ4v) is 3.58. The molecule has 0 unspecified atom stereocenters. The first-order chi connectivity index (χ1) is 10.4. The van der Waals surface area contributed by atoms with Crippen LogP contribution >= 0.6 is 11.3 Å². The maximum absolute atomic E-state index is 4.89. The first-order valence-corrected chi connectivity index (χ1v) is 8.35. The summed E-state index contributed by atoms with van der Waals surface area (Å²) in [6, 6.07) is 12.5. The molecule has 21 heavy (non-hydrogen) atoms. The van der Waals surface area contributed by atoms with Gasteiger partial charge in [0, 0.05) is 18.5 Å². The highest BCUT2D eigenvalue weighted by Crippen LogP contribution is 2.30. The van der Waals surface area contributed by atoms with Crippen LogP contribution < -0.4 is 4.90 Å². The van der Waals surface area contributed by atoms with Gasteiger partial charge in [0.05, 0.1) is 10.4 Å². The van der Waals surface area contributed by atoms with Crippen molar-refractivity contribution in [2.75, 3.05) is 18.0 Å². The van der Waals surface area contributed by atoms with Crippen LogP contribution in [0.1, 0.15) is 19.3 Å². The van der Waals surface area contributed by atoms with Gasteiger partial charge in [0.2, 0.25) is 0 Å².